The van der Waals surface area contributed by atoms with Crippen molar-refractivity contribution >= 4 is 38.9 Å². The molecular weight excluding hydrogens is 340 g/mol. The van der Waals surface area contributed by atoms with Crippen LogP contribution in [0.15, 0.2) is 46.9 Å². The first kappa shape index (κ1) is 14.9. The summed E-state index contributed by atoms with van der Waals surface area (Å²) in [5, 5.41) is 13.6. The number of hydrogen-bond donors (Lipinski definition) is 3. The fourth-order valence-electron chi connectivity index (χ4n) is 1.73. The number of nitro groups is 1. The molecule has 2 aromatic carbocycles. The predicted molar refractivity (Wildman–Crippen MR) is 83.0 cm³/mol. The summed E-state index contributed by atoms with van der Waals surface area (Å²) in [6.45, 7) is 0. The summed E-state index contributed by atoms with van der Waals surface area (Å²) in [6, 6.07) is 10.9. The van der Waals surface area contributed by atoms with Crippen molar-refractivity contribution in [1.29, 1.82) is 0 Å². The zero-order valence-electron chi connectivity index (χ0n) is 10.7. The Morgan fingerprint density at radius 2 is 1.95 bits per heavy atom. The van der Waals surface area contributed by atoms with Crippen LogP contribution >= 0.6 is 15.9 Å². The van der Waals surface area contributed by atoms with Gasteiger partial charge in [-0.05, 0) is 30.3 Å². The molecule has 0 fully saturated rings. The van der Waals surface area contributed by atoms with Gasteiger partial charge in [0.2, 0.25) is 0 Å². The van der Waals surface area contributed by atoms with Gasteiger partial charge in [-0.15, -0.1) is 0 Å². The monoisotopic (exact) mass is 350 g/mol. The zero-order valence-corrected chi connectivity index (χ0v) is 12.3. The predicted octanol–water partition coefficient (Wildman–Crippen LogP) is 2.90. The molecule has 0 saturated carbocycles. The van der Waals surface area contributed by atoms with E-state index in [1.54, 1.807) is 24.3 Å². The van der Waals surface area contributed by atoms with E-state index < -0.39 is 10.8 Å². The van der Waals surface area contributed by atoms with Crippen LogP contribution in [-0.4, -0.2) is 10.8 Å². The third-order valence-electron chi connectivity index (χ3n) is 2.69. The summed E-state index contributed by atoms with van der Waals surface area (Å²) < 4.78 is 0.784. The van der Waals surface area contributed by atoms with Crippen LogP contribution in [0, 0.1) is 10.1 Å². The number of rotatable bonds is 4. The van der Waals surface area contributed by atoms with E-state index in [0.717, 1.165) is 4.47 Å². The van der Waals surface area contributed by atoms with Gasteiger partial charge in [0.15, 0.2) is 0 Å². The Hall–Kier alpha value is -2.45. The molecule has 7 nitrogen and oxygen atoms in total. The van der Waals surface area contributed by atoms with Crippen molar-refractivity contribution in [3.05, 3.63) is 62.6 Å². The molecule has 21 heavy (non-hydrogen) atoms. The summed E-state index contributed by atoms with van der Waals surface area (Å²) in [4.78, 5) is 22.6. The number of carbonyl (C=O) groups is 1. The lowest BCUT2D eigenvalue weighted by atomic mass is 10.1. The highest BCUT2D eigenvalue weighted by atomic mass is 79.9. The zero-order chi connectivity index (χ0) is 15.4. The molecule has 0 radical (unpaired) electrons. The van der Waals surface area contributed by atoms with Crippen LogP contribution in [0.1, 0.15) is 10.4 Å². The van der Waals surface area contributed by atoms with Crippen LogP contribution in [0.5, 0.6) is 0 Å². The minimum atomic E-state index is -0.615. The number of carbonyl (C=O) groups excluding carboxylic acids is 1. The molecule has 2 rings (SSSR count). The lowest BCUT2D eigenvalue weighted by molar-refractivity contribution is -0.385. The number of halogens is 1. The number of hydrogen-bond acceptors (Lipinski definition) is 5. The van der Waals surface area contributed by atoms with E-state index in [4.69, 9.17) is 5.84 Å². The Bertz CT molecular complexity index is 706. The maximum atomic E-state index is 12.2. The second-order valence-electron chi connectivity index (χ2n) is 4.10. The topological polar surface area (TPSA) is 110 Å². The van der Waals surface area contributed by atoms with Gasteiger partial charge >= 0.3 is 0 Å². The van der Waals surface area contributed by atoms with Gasteiger partial charge in [0.05, 0.1) is 4.92 Å². The van der Waals surface area contributed by atoms with E-state index in [1.165, 1.54) is 18.2 Å². The van der Waals surface area contributed by atoms with E-state index in [0.29, 0.717) is 11.4 Å². The molecule has 0 aliphatic heterocycles. The van der Waals surface area contributed by atoms with Crippen molar-refractivity contribution in [2.24, 2.45) is 5.84 Å². The second kappa shape index (κ2) is 6.33. The van der Waals surface area contributed by atoms with Gasteiger partial charge in [-0.3, -0.25) is 20.8 Å². The fourth-order valence-corrected chi connectivity index (χ4v) is 2.13. The summed E-state index contributed by atoms with van der Waals surface area (Å²) in [5.74, 6) is 4.67. The van der Waals surface area contributed by atoms with Crippen molar-refractivity contribution in [3.8, 4) is 0 Å². The van der Waals surface area contributed by atoms with Gasteiger partial charge in [-0.25, -0.2) is 0 Å². The number of nitrogens with one attached hydrogen (secondary N) is 2. The van der Waals surface area contributed by atoms with Crippen molar-refractivity contribution in [1.82, 2.24) is 0 Å². The molecule has 0 aromatic heterocycles. The summed E-state index contributed by atoms with van der Waals surface area (Å²) in [7, 11) is 0. The van der Waals surface area contributed by atoms with Crippen LogP contribution < -0.4 is 16.6 Å². The third kappa shape index (κ3) is 3.56. The standard InChI is InChI=1S/C13H11BrN4O3/c14-8-2-1-3-9(6-8)16-13(19)11-7-10(17-15)4-5-12(11)18(20)21/h1-7,17H,15H2,(H,16,19). The summed E-state index contributed by atoms with van der Waals surface area (Å²) in [5.41, 5.74) is 2.91. The number of nitrogens with two attached hydrogens (primary N) is 1. The minimum absolute atomic E-state index is 0.0737. The smallest absolute Gasteiger partial charge is 0.282 e. The van der Waals surface area contributed by atoms with E-state index in [-0.39, 0.29) is 11.3 Å². The van der Waals surface area contributed by atoms with E-state index in [1.807, 2.05) is 0 Å². The Balaban J connectivity index is 2.35. The van der Waals surface area contributed by atoms with Crippen molar-refractivity contribution in [2.45, 2.75) is 0 Å². The van der Waals surface area contributed by atoms with Crippen molar-refractivity contribution in [3.63, 3.8) is 0 Å². The number of amides is 1. The average Bonchev–Trinajstić information content (AvgIpc) is 2.46. The van der Waals surface area contributed by atoms with Crippen LogP contribution in [0.25, 0.3) is 0 Å². The van der Waals surface area contributed by atoms with Gasteiger partial charge < -0.3 is 10.7 Å². The molecule has 0 spiro atoms. The average molecular weight is 351 g/mol. The summed E-state index contributed by atoms with van der Waals surface area (Å²) in [6.07, 6.45) is 0. The number of nitro benzene ring substituents is 1. The molecule has 1 amide bonds. The third-order valence-corrected chi connectivity index (χ3v) is 3.18. The minimum Gasteiger partial charge on any atom is -0.324 e. The molecule has 0 heterocycles. The molecule has 0 unspecified atom stereocenters. The van der Waals surface area contributed by atoms with Crippen LogP contribution in [0.4, 0.5) is 17.1 Å². The number of anilines is 2. The fraction of sp³-hybridized carbons (Fsp3) is 0. The van der Waals surface area contributed by atoms with Crippen LogP contribution in [0.2, 0.25) is 0 Å². The lowest BCUT2D eigenvalue weighted by Gasteiger charge is -2.08. The number of benzene rings is 2. The molecule has 8 heteroatoms. The normalized spacial score (nSPS) is 10.0. The van der Waals surface area contributed by atoms with E-state index in [9.17, 15) is 14.9 Å². The first-order valence-corrected chi connectivity index (χ1v) is 6.62. The van der Waals surface area contributed by atoms with E-state index >= 15 is 0 Å². The highest BCUT2D eigenvalue weighted by molar-refractivity contribution is 9.10. The molecule has 0 aliphatic rings. The molecule has 4 N–H and O–H groups in total. The molecule has 2 aromatic rings. The Labute approximate surface area is 128 Å². The molecule has 0 bridgehead atoms. The number of hydrazine groups is 1. The summed E-state index contributed by atoms with van der Waals surface area (Å²) >= 11 is 3.28. The van der Waals surface area contributed by atoms with Crippen molar-refractivity contribution < 1.29 is 9.72 Å². The quantitative estimate of drug-likeness (QED) is 0.446. The maximum absolute atomic E-state index is 12.2. The highest BCUT2D eigenvalue weighted by Gasteiger charge is 2.20. The number of nitrogens with zero attached hydrogens (tertiary/aromatic N) is 1. The Kier molecular flexibility index (Phi) is 4.51. The van der Waals surface area contributed by atoms with Crippen LogP contribution in [-0.2, 0) is 0 Å². The molecular formula is C13H11BrN4O3. The SMILES string of the molecule is NNc1ccc([N+](=O)[O-])c(C(=O)Nc2cccc(Br)c2)c1. The first-order chi connectivity index (χ1) is 10.0. The van der Waals surface area contributed by atoms with Crippen molar-refractivity contribution in [2.75, 3.05) is 10.7 Å². The largest absolute Gasteiger partial charge is 0.324 e. The van der Waals surface area contributed by atoms with Gasteiger partial charge in [0.1, 0.15) is 5.56 Å². The van der Waals surface area contributed by atoms with E-state index in [2.05, 4.69) is 26.7 Å². The van der Waals surface area contributed by atoms with Gasteiger partial charge in [-0.2, -0.15) is 0 Å². The Morgan fingerprint density at radius 3 is 2.57 bits per heavy atom. The van der Waals surface area contributed by atoms with Gasteiger partial charge in [0, 0.05) is 21.9 Å². The molecule has 108 valence electrons. The highest BCUT2D eigenvalue weighted by Crippen LogP contribution is 2.24. The molecule has 0 aliphatic carbocycles. The number of nitrogen functional groups attached to an aromatic ring is 1. The second-order valence-corrected chi connectivity index (χ2v) is 5.01. The van der Waals surface area contributed by atoms with Gasteiger partial charge in [-0.1, -0.05) is 22.0 Å². The van der Waals surface area contributed by atoms with Gasteiger partial charge in [0.25, 0.3) is 11.6 Å². The lowest BCUT2D eigenvalue weighted by Crippen LogP contribution is -2.15. The van der Waals surface area contributed by atoms with Crippen LogP contribution in [0.3, 0.4) is 0 Å². The first-order valence-electron chi connectivity index (χ1n) is 5.83. The Morgan fingerprint density at radius 1 is 1.19 bits per heavy atom. The maximum Gasteiger partial charge on any atom is 0.282 e. The molecule has 0 saturated heterocycles. The molecule has 0 atom stereocenters.